The van der Waals surface area contributed by atoms with Gasteiger partial charge >= 0.3 is 0 Å². The van der Waals surface area contributed by atoms with Crippen LogP contribution in [0.3, 0.4) is 0 Å². The highest BCUT2D eigenvalue weighted by Crippen LogP contribution is 2.32. The highest BCUT2D eigenvalue weighted by molar-refractivity contribution is 5.20. The van der Waals surface area contributed by atoms with Crippen molar-refractivity contribution in [1.29, 1.82) is 0 Å². The molecule has 0 aliphatic carbocycles. The number of pyridine rings is 1. The van der Waals surface area contributed by atoms with E-state index in [1.807, 2.05) is 12.4 Å². The van der Waals surface area contributed by atoms with E-state index in [1.165, 1.54) is 44.1 Å². The predicted molar refractivity (Wildman–Crippen MR) is 70.6 cm³/mol. The van der Waals surface area contributed by atoms with Crippen molar-refractivity contribution in [2.75, 3.05) is 0 Å². The summed E-state index contributed by atoms with van der Waals surface area (Å²) >= 11 is 0. The molecule has 1 atom stereocenters. The molecule has 0 aliphatic heterocycles. The van der Waals surface area contributed by atoms with Crippen LogP contribution in [0.4, 0.5) is 0 Å². The second-order valence-corrected chi connectivity index (χ2v) is 4.97. The van der Waals surface area contributed by atoms with Crippen molar-refractivity contribution in [1.82, 2.24) is 4.98 Å². The Morgan fingerprint density at radius 2 is 2.00 bits per heavy atom. The molecule has 0 fully saturated rings. The number of hydrogen-bond donors (Lipinski definition) is 0. The Bertz CT molecular complexity index is 281. The smallest absolute Gasteiger partial charge is 0.0305 e. The summed E-state index contributed by atoms with van der Waals surface area (Å²) in [6.07, 6.45) is 11.8. The Morgan fingerprint density at radius 3 is 2.56 bits per heavy atom. The van der Waals surface area contributed by atoms with Gasteiger partial charge in [-0.05, 0) is 29.9 Å². The number of hydrogen-bond acceptors (Lipinski definition) is 1. The van der Waals surface area contributed by atoms with Crippen molar-refractivity contribution in [3.8, 4) is 0 Å². The van der Waals surface area contributed by atoms with Crippen LogP contribution in [0.2, 0.25) is 0 Å². The lowest BCUT2D eigenvalue weighted by molar-refractivity contribution is 0.395. The second-order valence-electron chi connectivity index (χ2n) is 4.97. The fourth-order valence-electron chi connectivity index (χ4n) is 2.19. The Kier molecular flexibility index (Phi) is 5.51. The van der Waals surface area contributed by atoms with Crippen LogP contribution in [0.15, 0.2) is 24.5 Å². The van der Waals surface area contributed by atoms with Crippen LogP contribution >= 0.6 is 0 Å². The molecular formula is C15H25N. The average Bonchev–Trinajstić information content (AvgIpc) is 2.35. The fourth-order valence-corrected chi connectivity index (χ4v) is 2.19. The van der Waals surface area contributed by atoms with Gasteiger partial charge in [0.2, 0.25) is 0 Å². The third-order valence-corrected chi connectivity index (χ3v) is 3.72. The molecule has 0 N–H and O–H groups in total. The SMILES string of the molecule is CCCCCCC(C)(CC)c1cccnc1. The molecule has 0 spiro atoms. The number of aromatic nitrogens is 1. The second kappa shape index (κ2) is 6.67. The van der Waals surface area contributed by atoms with Crippen molar-refractivity contribution in [3.63, 3.8) is 0 Å². The third-order valence-electron chi connectivity index (χ3n) is 3.72. The van der Waals surface area contributed by atoms with E-state index in [4.69, 9.17) is 0 Å². The lowest BCUT2D eigenvalue weighted by Gasteiger charge is -2.28. The quantitative estimate of drug-likeness (QED) is 0.605. The summed E-state index contributed by atoms with van der Waals surface area (Å²) in [6, 6.07) is 4.27. The zero-order valence-electron chi connectivity index (χ0n) is 11.0. The van der Waals surface area contributed by atoms with Crippen molar-refractivity contribution in [2.24, 2.45) is 0 Å². The van der Waals surface area contributed by atoms with E-state index in [9.17, 15) is 0 Å². The molecule has 0 aliphatic rings. The van der Waals surface area contributed by atoms with E-state index < -0.39 is 0 Å². The molecular weight excluding hydrogens is 194 g/mol. The molecule has 1 nitrogen and oxygen atoms in total. The van der Waals surface area contributed by atoms with Crippen LogP contribution in [-0.4, -0.2) is 4.98 Å². The molecule has 1 aromatic heterocycles. The van der Waals surface area contributed by atoms with Crippen molar-refractivity contribution < 1.29 is 0 Å². The molecule has 0 amide bonds. The molecule has 0 saturated carbocycles. The Hall–Kier alpha value is -0.850. The fraction of sp³-hybridized carbons (Fsp3) is 0.667. The zero-order chi connectivity index (χ0) is 11.9. The van der Waals surface area contributed by atoms with Crippen LogP contribution < -0.4 is 0 Å². The lowest BCUT2D eigenvalue weighted by atomic mass is 9.76. The summed E-state index contributed by atoms with van der Waals surface area (Å²) in [6.45, 7) is 6.92. The normalized spacial score (nSPS) is 14.7. The van der Waals surface area contributed by atoms with Gasteiger partial charge in [0.1, 0.15) is 0 Å². The van der Waals surface area contributed by atoms with Crippen molar-refractivity contribution in [2.45, 2.75) is 64.7 Å². The van der Waals surface area contributed by atoms with Crippen LogP contribution in [-0.2, 0) is 5.41 Å². The van der Waals surface area contributed by atoms with Gasteiger partial charge in [0.25, 0.3) is 0 Å². The third kappa shape index (κ3) is 3.62. The molecule has 90 valence electrons. The molecule has 1 heteroatoms. The summed E-state index contributed by atoms with van der Waals surface area (Å²) < 4.78 is 0. The van der Waals surface area contributed by atoms with Gasteiger partial charge in [-0.3, -0.25) is 4.98 Å². The van der Waals surface area contributed by atoms with Gasteiger partial charge in [0, 0.05) is 12.4 Å². The minimum absolute atomic E-state index is 0.321. The molecule has 0 saturated heterocycles. The van der Waals surface area contributed by atoms with Crippen LogP contribution in [0.25, 0.3) is 0 Å². The van der Waals surface area contributed by atoms with Gasteiger partial charge in [-0.2, -0.15) is 0 Å². The van der Waals surface area contributed by atoms with Gasteiger partial charge in [0.15, 0.2) is 0 Å². The summed E-state index contributed by atoms with van der Waals surface area (Å²) in [7, 11) is 0. The molecule has 1 heterocycles. The first-order valence-corrected chi connectivity index (χ1v) is 6.63. The Morgan fingerprint density at radius 1 is 1.19 bits per heavy atom. The molecule has 16 heavy (non-hydrogen) atoms. The van der Waals surface area contributed by atoms with Gasteiger partial charge in [-0.15, -0.1) is 0 Å². The van der Waals surface area contributed by atoms with E-state index in [2.05, 4.69) is 37.9 Å². The van der Waals surface area contributed by atoms with Gasteiger partial charge in [0.05, 0.1) is 0 Å². The van der Waals surface area contributed by atoms with E-state index in [1.54, 1.807) is 0 Å². The Labute approximate surface area is 100 Å². The molecule has 0 aromatic carbocycles. The van der Waals surface area contributed by atoms with E-state index in [0.717, 1.165) is 0 Å². The topological polar surface area (TPSA) is 12.9 Å². The maximum absolute atomic E-state index is 4.24. The highest BCUT2D eigenvalue weighted by Gasteiger charge is 2.23. The lowest BCUT2D eigenvalue weighted by Crippen LogP contribution is -2.20. The molecule has 1 aromatic rings. The number of rotatable bonds is 7. The van der Waals surface area contributed by atoms with Gasteiger partial charge in [-0.25, -0.2) is 0 Å². The maximum Gasteiger partial charge on any atom is 0.0305 e. The molecule has 0 radical (unpaired) electrons. The summed E-state index contributed by atoms with van der Waals surface area (Å²) in [5, 5.41) is 0. The standard InChI is InChI=1S/C15H25N/c1-4-6-7-8-11-15(3,5-2)14-10-9-12-16-13-14/h9-10,12-13H,4-8,11H2,1-3H3. The monoisotopic (exact) mass is 219 g/mol. The minimum atomic E-state index is 0.321. The summed E-state index contributed by atoms with van der Waals surface area (Å²) in [4.78, 5) is 4.24. The molecule has 1 unspecified atom stereocenters. The molecule has 0 bridgehead atoms. The largest absolute Gasteiger partial charge is 0.264 e. The summed E-state index contributed by atoms with van der Waals surface area (Å²) in [5.74, 6) is 0. The average molecular weight is 219 g/mol. The van der Waals surface area contributed by atoms with Crippen LogP contribution in [0.5, 0.6) is 0 Å². The van der Waals surface area contributed by atoms with Gasteiger partial charge < -0.3 is 0 Å². The van der Waals surface area contributed by atoms with Gasteiger partial charge in [-0.1, -0.05) is 52.5 Å². The van der Waals surface area contributed by atoms with E-state index in [-0.39, 0.29) is 0 Å². The maximum atomic E-state index is 4.24. The van der Waals surface area contributed by atoms with Crippen LogP contribution in [0.1, 0.15) is 64.9 Å². The predicted octanol–water partition coefficient (Wildman–Crippen LogP) is 4.72. The summed E-state index contributed by atoms with van der Waals surface area (Å²) in [5.41, 5.74) is 1.72. The number of nitrogens with zero attached hydrogens (tertiary/aromatic N) is 1. The highest BCUT2D eigenvalue weighted by atomic mass is 14.6. The zero-order valence-corrected chi connectivity index (χ0v) is 11.0. The minimum Gasteiger partial charge on any atom is -0.264 e. The first kappa shape index (κ1) is 13.2. The first-order chi connectivity index (χ1) is 7.73. The van der Waals surface area contributed by atoms with E-state index >= 15 is 0 Å². The van der Waals surface area contributed by atoms with Crippen molar-refractivity contribution >= 4 is 0 Å². The van der Waals surface area contributed by atoms with E-state index in [0.29, 0.717) is 5.41 Å². The first-order valence-electron chi connectivity index (χ1n) is 6.63. The van der Waals surface area contributed by atoms with Crippen LogP contribution in [0, 0.1) is 0 Å². The number of unbranched alkanes of at least 4 members (excludes halogenated alkanes) is 3. The Balaban J connectivity index is 2.56. The molecule has 1 rings (SSSR count). The van der Waals surface area contributed by atoms with Crippen molar-refractivity contribution in [3.05, 3.63) is 30.1 Å².